The standard InChI is InChI=1S/4C24H36O5/c4*1-5-15(3)24(27)29-21-11-14(2)10-17-7-6-16(4)20(23(17)21)9-8-19-12-18(25)13-22(26)28-19/h4*6-7,10,14-16,18-21,23,25H,5,8-9,11-13H2,1-4H3/t3*14-,15-,16-,18+,19?,20-,21?,23-;14-,15-,16-,18+,19?,20-,21-,23-/m0000/s1/i1D3,5D2,6D,7D,10D,11D2,13D2,14D,15D,16D,25D;1D3,3D3,5D2,6D,7D,10D,11D2,13D2,14D,16D,25D;3D3,6D,7D,10D,11D2,13D2,14D,15D,16D,25D;6D,7D,10D,11D2,13D2,14D,15D,16D,25D. The van der Waals surface area contributed by atoms with E-state index in [1.54, 1.807) is 6.92 Å². The molecule has 0 radical (unpaired) electrons. The van der Waals surface area contributed by atoms with Gasteiger partial charge in [-0.25, -0.2) is 0 Å². The number of carbonyl (C=O) groups is 8. The Morgan fingerprint density at radius 2 is 0.716 bits per heavy atom. The van der Waals surface area contributed by atoms with Crippen molar-refractivity contribution in [3.05, 3.63) is 94.9 Å². The minimum Gasteiger partial charge on any atom is -0.462 e. The second kappa shape index (κ2) is 43.7. The highest BCUT2D eigenvalue weighted by atomic mass is 16.6. The van der Waals surface area contributed by atoms with Gasteiger partial charge < -0.3 is 58.3 Å². The number of hydrogen-bond donors (Lipinski definition) is 4. The van der Waals surface area contributed by atoms with Gasteiger partial charge in [-0.2, -0.15) is 0 Å². The average molecular weight is 1680 g/mol. The number of carbonyl (C=O) groups excluding carboxylic acids is 8. The van der Waals surface area contributed by atoms with Gasteiger partial charge in [0.1, 0.15) is 48.8 Å². The third-order valence-electron chi connectivity index (χ3n) is 21.5. The van der Waals surface area contributed by atoms with Gasteiger partial charge in [-0.3, -0.25) is 38.4 Å². The first kappa shape index (κ1) is 41.4. The van der Waals surface area contributed by atoms with Crippen molar-refractivity contribution < 1.29 is 172 Å². The molecule has 4 saturated heterocycles. The molecule has 0 spiro atoms. The molecule has 0 amide bonds. The lowest BCUT2D eigenvalue weighted by Crippen LogP contribution is -2.42. The number of fused-ring (bicyclic) bond motifs is 4. The van der Waals surface area contributed by atoms with Gasteiger partial charge in [-0.1, -0.05) is 183 Å². The second-order valence-corrected chi connectivity index (χ2v) is 30.0. The van der Waals surface area contributed by atoms with Crippen molar-refractivity contribution in [3.8, 4) is 0 Å². The fraction of sp³-hybridized carbons (Fsp3) is 0.750. The number of esters is 8. The van der Waals surface area contributed by atoms with Crippen molar-refractivity contribution in [2.45, 2.75) is 337 Å². The largest absolute Gasteiger partial charge is 0.462 e. The molecule has 32 atom stereocenters. The molecule has 4 N–H and O–H groups in total. The maximum atomic E-state index is 13.6. The molecule has 4 fully saturated rings. The summed E-state index contributed by atoms with van der Waals surface area (Å²) in [5.41, 5.74) is -1.37. The Hall–Kier alpha value is -6.48. The normalized spacial score (nSPS) is 56.3. The molecule has 0 saturated carbocycles. The van der Waals surface area contributed by atoms with Gasteiger partial charge >= 0.3 is 47.8 Å². The summed E-state index contributed by atoms with van der Waals surface area (Å²) in [6.07, 6.45) is -50.6. The SMILES string of the molecule is [2H]O[C@@H]1CC(CC[C@@H]2[C@@H]3C(=C([2H])[C@]([2H])(C)C([2H])([2H])C3OC(=O)[C@@H](C([2H])([2H])[2H])C([2H])([2H])C([2H])([2H])[2H])C([2H])=C([2H])[C@]2([2H])C)OC(=O)C1([2H])[2H].[2H]O[C@@H]1CC(CC[C@@H]2[C@@H]3C(=C([2H])[C@]([2H])(C)C([2H])([2H])C3OC(=O)[C@@]([2H])(C)C([2H])([2H])C([2H])([2H])[2H])C([2H])=C([2H])[C@]2([2H])C)OC(=O)C1([2H])[2H].[2H]O[C@@H]1CC(CC[C@@H]2[C@@H]3C(=C([2H])[C@]([2H])(C)C([2H])([2H])C3OC(=O)[C@]([2H])(CC)C([2H])([2H])[2H])C([2H])=C([2H])[C@]2([2H])C)OC(=O)C1([2H])[2H].[2H]O[C@@H]1CC(CC[C@@H]2[C@@H]3C(=C([2H])[C@]([2H])(C)C([2H])([2H])[C@@H]3OC(=O)[C@@]([2H])(C)CC)C([2H])=C([2H])[C@]2([2H])C)OC(=O)C1([2H])[2H]. The van der Waals surface area contributed by atoms with Crippen LogP contribution in [0.3, 0.4) is 0 Å². The third-order valence-corrected chi connectivity index (χ3v) is 21.5. The van der Waals surface area contributed by atoms with Gasteiger partial charge in [0, 0.05) is 108 Å². The number of rotatable bonds is 28. The van der Waals surface area contributed by atoms with E-state index in [1.807, 2.05) is 0 Å². The fourth-order valence-corrected chi connectivity index (χ4v) is 15.3. The molecule has 648 valence electrons. The van der Waals surface area contributed by atoms with Crippen molar-refractivity contribution in [1.82, 2.24) is 0 Å². The molecule has 0 aromatic heterocycles. The minimum absolute atomic E-state index is 0.0223. The van der Waals surface area contributed by atoms with E-state index >= 15 is 0 Å². The lowest BCUT2D eigenvalue weighted by Gasteiger charge is -2.43. The maximum absolute atomic E-state index is 13.6. The summed E-state index contributed by atoms with van der Waals surface area (Å²) in [5, 5.41) is 17.6. The van der Waals surface area contributed by atoms with E-state index in [4.69, 9.17) is 119 Å². The topological polar surface area (TPSA) is 291 Å². The Balaban J connectivity index is 0.000000256. The van der Waals surface area contributed by atoms with Gasteiger partial charge in [0.05, 0.1) is 90.0 Å². The first-order valence-electron chi connectivity index (χ1n) is 67.8. The predicted octanol–water partition coefficient (Wildman–Crippen LogP) is 16.8. The zero-order valence-electron chi connectivity index (χ0n) is 126. The second-order valence-electron chi connectivity index (χ2n) is 30.0. The van der Waals surface area contributed by atoms with Gasteiger partial charge in [0.2, 0.25) is 5.72 Å². The zero-order valence-corrected chi connectivity index (χ0v) is 66.7. The van der Waals surface area contributed by atoms with Crippen LogP contribution in [-0.4, -0.2) is 147 Å². The van der Waals surface area contributed by atoms with Gasteiger partial charge in [-0.05, 0) is 196 Å². The van der Waals surface area contributed by atoms with Crippen molar-refractivity contribution in [2.24, 2.45) is 118 Å². The van der Waals surface area contributed by atoms with Crippen LogP contribution in [0.15, 0.2) is 94.9 Å². The van der Waals surface area contributed by atoms with E-state index in [1.165, 1.54) is 41.5 Å². The lowest BCUT2D eigenvalue weighted by atomic mass is 9.65. The molecule has 20 nitrogen and oxygen atoms in total. The molecule has 4 aliphatic heterocycles. The summed E-state index contributed by atoms with van der Waals surface area (Å²) in [4.78, 5) is 103. The van der Waals surface area contributed by atoms with Crippen LogP contribution in [0, 0.1) is 118 Å². The van der Waals surface area contributed by atoms with Gasteiger partial charge in [-0.15, -0.1) is 0 Å². The Morgan fingerprint density at radius 1 is 0.440 bits per heavy atom. The van der Waals surface area contributed by atoms with E-state index < -0.39 is 420 Å². The Labute approximate surface area is 775 Å². The number of hydrogen-bond acceptors (Lipinski definition) is 20. The van der Waals surface area contributed by atoms with Crippen molar-refractivity contribution >= 4 is 47.8 Å². The Kier molecular flexibility index (Phi) is 15.6. The smallest absolute Gasteiger partial charge is 0.308 e. The molecular weight excluding hydrogens is 1470 g/mol. The van der Waals surface area contributed by atoms with Crippen LogP contribution in [-0.2, 0) is 76.3 Å². The highest BCUT2D eigenvalue weighted by Crippen LogP contribution is 2.51. The molecule has 0 aromatic carbocycles. The molecule has 0 bridgehead atoms. The van der Waals surface area contributed by atoms with E-state index in [2.05, 4.69) is 20.4 Å². The highest BCUT2D eigenvalue weighted by Gasteiger charge is 2.48. The first-order valence-corrected chi connectivity index (χ1v) is 38.6. The van der Waals surface area contributed by atoms with Crippen LogP contribution in [0.25, 0.3) is 0 Å². The minimum atomic E-state index is -3.72. The Bertz CT molecular complexity index is 6440. The molecule has 8 aliphatic carbocycles. The van der Waals surface area contributed by atoms with Crippen LogP contribution in [0.5, 0.6) is 0 Å². The van der Waals surface area contributed by atoms with Gasteiger partial charge in [0.25, 0.3) is 0 Å². The van der Waals surface area contributed by atoms with E-state index in [9.17, 15) is 38.4 Å². The molecule has 12 rings (SSSR count). The third kappa shape index (κ3) is 25.8. The monoisotopic (exact) mass is 1680 g/mol. The number of ether oxygens (including phenoxy) is 8. The van der Waals surface area contributed by atoms with E-state index in [-0.39, 0.29) is 94.6 Å². The summed E-state index contributed by atoms with van der Waals surface area (Å²) in [6.45, 7) is -0.147. The Morgan fingerprint density at radius 3 is 0.974 bits per heavy atom. The molecule has 116 heavy (non-hydrogen) atoms. The number of allylic oxidation sites excluding steroid dienone is 12. The molecular formula is C96H144O20. The lowest BCUT2D eigenvalue weighted by molar-refractivity contribution is -0.162. The van der Waals surface area contributed by atoms with Crippen LogP contribution >= 0.6 is 0 Å². The zero-order chi connectivity index (χ0) is 136. The number of cyclic esters (lactones) is 4. The maximum Gasteiger partial charge on any atom is 0.308 e. The summed E-state index contributed by atoms with van der Waals surface area (Å²) in [6, 6.07) is -7.73. The highest BCUT2D eigenvalue weighted by molar-refractivity contribution is 5.75. The van der Waals surface area contributed by atoms with Crippen molar-refractivity contribution in [1.29, 1.82) is 5.72 Å². The number of aliphatic hydroxyl groups excluding tert-OH is 4. The van der Waals surface area contributed by atoms with Crippen LogP contribution in [0.4, 0.5) is 0 Å². The van der Waals surface area contributed by atoms with E-state index in [0.717, 1.165) is 27.7 Å². The number of aliphatic hydroxyl groups is 4. The molecule has 12 aliphatic rings. The molecule has 0 aromatic rings. The van der Waals surface area contributed by atoms with Crippen molar-refractivity contribution in [2.75, 3.05) is 0 Å². The van der Waals surface area contributed by atoms with Crippen LogP contribution < -0.4 is 0 Å². The molecule has 7 unspecified atom stereocenters. The van der Waals surface area contributed by atoms with Crippen molar-refractivity contribution in [3.63, 3.8) is 0 Å². The first-order chi connectivity index (χ1) is 78.4. The average Bonchev–Trinajstić information content (AvgIpc) is 0.700. The molecule has 4 heterocycles. The molecule has 20 heteroatoms. The van der Waals surface area contributed by atoms with Crippen LogP contribution in [0.2, 0.25) is 0 Å². The summed E-state index contributed by atoms with van der Waals surface area (Å²) in [7, 11) is 0. The summed E-state index contributed by atoms with van der Waals surface area (Å²) in [5.74, 6) is -51.4. The summed E-state index contributed by atoms with van der Waals surface area (Å²) < 4.78 is 528. The quantitative estimate of drug-likeness (QED) is 0.0418. The van der Waals surface area contributed by atoms with E-state index in [0.29, 0.717) is 6.92 Å². The fourth-order valence-electron chi connectivity index (χ4n) is 15.3. The summed E-state index contributed by atoms with van der Waals surface area (Å²) >= 11 is 0. The predicted molar refractivity (Wildman–Crippen MR) is 443 cm³/mol. The van der Waals surface area contributed by atoms with Crippen LogP contribution in [0.1, 0.15) is 340 Å². The van der Waals surface area contributed by atoms with Gasteiger partial charge in [0.15, 0.2) is 0 Å².